The van der Waals surface area contributed by atoms with Gasteiger partial charge in [-0.25, -0.2) is 0 Å². The van der Waals surface area contributed by atoms with E-state index in [0.717, 1.165) is 18.4 Å². The van der Waals surface area contributed by atoms with Gasteiger partial charge in [0.25, 0.3) is 0 Å². The summed E-state index contributed by atoms with van der Waals surface area (Å²) in [4.78, 5) is 0. The lowest BCUT2D eigenvalue weighted by atomic mass is 10.1. The molecule has 1 aliphatic rings. The van der Waals surface area contributed by atoms with Crippen molar-refractivity contribution in [3.8, 4) is 5.75 Å². The largest absolute Gasteiger partial charge is 0.461 e. The molecule has 0 radical (unpaired) electrons. The Kier molecular flexibility index (Phi) is 3.92. The van der Waals surface area contributed by atoms with E-state index >= 15 is 0 Å². The maximum Gasteiger partial charge on any atom is 0.208 e. The molecule has 1 aliphatic carbocycles. The highest BCUT2D eigenvalue weighted by atomic mass is 35.5. The molecular weight excluding hydrogens is 240 g/mol. The van der Waals surface area contributed by atoms with E-state index in [1.54, 1.807) is 6.07 Å². The highest BCUT2D eigenvalue weighted by molar-refractivity contribution is 6.32. The molecule has 0 atom stereocenters. The molecule has 0 saturated heterocycles. The molecule has 1 aromatic rings. The van der Waals surface area contributed by atoms with Crippen LogP contribution in [0.15, 0.2) is 18.2 Å². The van der Waals surface area contributed by atoms with E-state index in [9.17, 15) is 5.11 Å². The van der Waals surface area contributed by atoms with Crippen molar-refractivity contribution in [2.45, 2.75) is 37.9 Å². The summed E-state index contributed by atoms with van der Waals surface area (Å²) in [6.07, 6.45) is 3.69. The minimum atomic E-state index is -1.09. The van der Waals surface area contributed by atoms with E-state index in [1.807, 2.05) is 12.1 Å². The third-order valence-corrected chi connectivity index (χ3v) is 3.40. The molecule has 1 aromatic carbocycles. The fraction of sp³-hybridized carbons (Fsp3) is 0.538. The number of ether oxygens (including phenoxy) is 1. The molecule has 4 heteroatoms. The average molecular weight is 257 g/mol. The van der Waals surface area contributed by atoms with E-state index in [2.05, 4.69) is 0 Å². The number of hydrogen-bond acceptors (Lipinski definition) is 3. The molecule has 0 aromatic heterocycles. The van der Waals surface area contributed by atoms with Gasteiger partial charge in [-0.1, -0.05) is 23.7 Å². The lowest BCUT2D eigenvalue weighted by Gasteiger charge is -2.26. The lowest BCUT2D eigenvalue weighted by Crippen LogP contribution is -2.32. The first-order valence-corrected chi connectivity index (χ1v) is 6.32. The summed E-state index contributed by atoms with van der Waals surface area (Å²) in [5, 5.41) is 19.7. The molecule has 94 valence electrons. The Hall–Kier alpha value is -0.770. The molecule has 0 heterocycles. The minimum absolute atomic E-state index is 0.0368. The van der Waals surface area contributed by atoms with Crippen molar-refractivity contribution in [3.05, 3.63) is 28.8 Å². The van der Waals surface area contributed by atoms with Crippen LogP contribution in [0.2, 0.25) is 5.02 Å². The van der Waals surface area contributed by atoms with Gasteiger partial charge in [-0.15, -0.1) is 0 Å². The number of para-hydroxylation sites is 1. The quantitative estimate of drug-likeness (QED) is 0.814. The van der Waals surface area contributed by atoms with E-state index < -0.39 is 5.79 Å². The third-order valence-electron chi connectivity index (χ3n) is 3.11. The standard InChI is InChI=1S/C13H17ClO3/c14-11-5-3-4-10(6-9-15)12(11)17-13(16)7-1-2-8-13/h3-5,15-16H,1-2,6-9H2. The Bertz CT molecular complexity index is 386. The molecule has 0 unspecified atom stereocenters. The zero-order valence-electron chi connectivity index (χ0n) is 9.66. The number of benzene rings is 1. The molecule has 3 nitrogen and oxygen atoms in total. The van der Waals surface area contributed by atoms with Crippen LogP contribution in [-0.4, -0.2) is 22.6 Å². The van der Waals surface area contributed by atoms with Gasteiger partial charge in [-0.2, -0.15) is 0 Å². The van der Waals surface area contributed by atoms with E-state index in [-0.39, 0.29) is 6.61 Å². The summed E-state index contributed by atoms with van der Waals surface area (Å²) < 4.78 is 5.69. The average Bonchev–Trinajstić information content (AvgIpc) is 2.71. The van der Waals surface area contributed by atoms with Gasteiger partial charge >= 0.3 is 0 Å². The molecule has 17 heavy (non-hydrogen) atoms. The number of hydrogen-bond donors (Lipinski definition) is 2. The molecule has 0 amide bonds. The van der Waals surface area contributed by atoms with Crippen LogP contribution < -0.4 is 4.74 Å². The topological polar surface area (TPSA) is 49.7 Å². The molecular formula is C13H17ClO3. The summed E-state index contributed by atoms with van der Waals surface area (Å²) in [6.45, 7) is 0.0368. The van der Waals surface area contributed by atoms with Gasteiger partial charge in [-0.3, -0.25) is 0 Å². The maximum atomic E-state index is 10.2. The highest BCUT2D eigenvalue weighted by Gasteiger charge is 2.34. The van der Waals surface area contributed by atoms with Crippen LogP contribution in [0.3, 0.4) is 0 Å². The predicted molar refractivity (Wildman–Crippen MR) is 66.3 cm³/mol. The Morgan fingerprint density at radius 3 is 2.65 bits per heavy atom. The predicted octanol–water partition coefficient (Wildman–Crippen LogP) is 2.52. The first-order valence-electron chi connectivity index (χ1n) is 5.94. The molecule has 0 bridgehead atoms. The van der Waals surface area contributed by atoms with Crippen molar-refractivity contribution in [1.82, 2.24) is 0 Å². The number of aliphatic hydroxyl groups is 2. The Morgan fingerprint density at radius 1 is 1.29 bits per heavy atom. The normalized spacial score (nSPS) is 18.3. The zero-order valence-corrected chi connectivity index (χ0v) is 10.4. The Morgan fingerprint density at radius 2 is 2.00 bits per heavy atom. The summed E-state index contributed by atoms with van der Waals surface area (Å²) in [5.74, 6) is -0.581. The van der Waals surface area contributed by atoms with E-state index in [1.165, 1.54) is 0 Å². The van der Waals surface area contributed by atoms with E-state index in [0.29, 0.717) is 30.0 Å². The van der Waals surface area contributed by atoms with Gasteiger partial charge in [0.05, 0.1) is 5.02 Å². The Labute approximate surface area is 106 Å². The van der Waals surface area contributed by atoms with Gasteiger partial charge in [0, 0.05) is 19.4 Å². The summed E-state index contributed by atoms with van der Waals surface area (Å²) >= 11 is 6.09. The van der Waals surface area contributed by atoms with Crippen molar-refractivity contribution >= 4 is 11.6 Å². The van der Waals surface area contributed by atoms with Crippen LogP contribution in [0.4, 0.5) is 0 Å². The SMILES string of the molecule is OCCc1cccc(Cl)c1OC1(O)CCCC1. The van der Waals surface area contributed by atoms with Gasteiger partial charge in [0.1, 0.15) is 5.75 Å². The number of rotatable bonds is 4. The number of halogens is 1. The maximum absolute atomic E-state index is 10.2. The lowest BCUT2D eigenvalue weighted by molar-refractivity contribution is -0.130. The van der Waals surface area contributed by atoms with E-state index in [4.69, 9.17) is 21.4 Å². The van der Waals surface area contributed by atoms with Crippen LogP contribution in [-0.2, 0) is 6.42 Å². The van der Waals surface area contributed by atoms with Gasteiger partial charge in [0.15, 0.2) is 0 Å². The van der Waals surface area contributed by atoms with Gasteiger partial charge < -0.3 is 14.9 Å². The zero-order chi connectivity index (χ0) is 12.3. The summed E-state index contributed by atoms with van der Waals surface area (Å²) in [7, 11) is 0. The summed E-state index contributed by atoms with van der Waals surface area (Å²) in [5.41, 5.74) is 0.834. The monoisotopic (exact) mass is 256 g/mol. The Balaban J connectivity index is 2.24. The van der Waals surface area contributed by atoms with Gasteiger partial charge in [-0.05, 0) is 30.9 Å². The molecule has 1 fully saturated rings. The smallest absolute Gasteiger partial charge is 0.208 e. The van der Waals surface area contributed by atoms with Crippen LogP contribution in [0, 0.1) is 0 Å². The second-order valence-electron chi connectivity index (χ2n) is 4.46. The van der Waals surface area contributed by atoms with Crippen LogP contribution in [0.25, 0.3) is 0 Å². The van der Waals surface area contributed by atoms with Crippen molar-refractivity contribution in [1.29, 1.82) is 0 Å². The second kappa shape index (κ2) is 5.25. The van der Waals surface area contributed by atoms with Crippen LogP contribution in [0.5, 0.6) is 5.75 Å². The fourth-order valence-electron chi connectivity index (χ4n) is 2.20. The molecule has 2 N–H and O–H groups in total. The van der Waals surface area contributed by atoms with Gasteiger partial charge in [0.2, 0.25) is 5.79 Å². The van der Waals surface area contributed by atoms with Crippen molar-refractivity contribution in [3.63, 3.8) is 0 Å². The van der Waals surface area contributed by atoms with Crippen molar-refractivity contribution in [2.24, 2.45) is 0 Å². The first kappa shape index (κ1) is 12.7. The second-order valence-corrected chi connectivity index (χ2v) is 4.86. The third kappa shape index (κ3) is 2.92. The fourth-order valence-corrected chi connectivity index (χ4v) is 2.44. The highest BCUT2D eigenvalue weighted by Crippen LogP contribution is 2.37. The molecule has 0 aliphatic heterocycles. The minimum Gasteiger partial charge on any atom is -0.461 e. The molecule has 2 rings (SSSR count). The number of aliphatic hydroxyl groups excluding tert-OH is 1. The summed E-state index contributed by atoms with van der Waals surface area (Å²) in [6, 6.07) is 5.41. The van der Waals surface area contributed by atoms with Crippen molar-refractivity contribution in [2.75, 3.05) is 6.61 Å². The first-order chi connectivity index (χ1) is 8.14. The molecule has 0 spiro atoms. The molecule has 1 saturated carbocycles. The van der Waals surface area contributed by atoms with Crippen molar-refractivity contribution < 1.29 is 14.9 Å². The van der Waals surface area contributed by atoms with Crippen LogP contribution in [0.1, 0.15) is 31.2 Å². The van der Waals surface area contributed by atoms with Crippen LogP contribution >= 0.6 is 11.6 Å².